The Kier molecular flexibility index (Phi) is 8.16. The first-order valence-corrected chi connectivity index (χ1v) is 11.2. The van der Waals surface area contributed by atoms with Gasteiger partial charge in [0.15, 0.2) is 0 Å². The van der Waals surface area contributed by atoms with Crippen molar-refractivity contribution in [1.82, 2.24) is 4.31 Å². The molecule has 2 amide bonds. The summed E-state index contributed by atoms with van der Waals surface area (Å²) in [7, 11) is -3.52. The molecule has 0 aliphatic rings. The Balaban J connectivity index is 2.09. The first-order valence-electron chi connectivity index (χ1n) is 9.33. The number of hydrogen-bond donors (Lipinski definition) is 2. The maximum atomic E-state index is 12.5. The van der Waals surface area contributed by atoms with Gasteiger partial charge in [0, 0.05) is 31.8 Å². The molecule has 160 valence electrons. The lowest BCUT2D eigenvalue weighted by atomic mass is 10.2. The van der Waals surface area contributed by atoms with Crippen molar-refractivity contribution in [2.45, 2.75) is 25.7 Å². The Morgan fingerprint density at radius 1 is 1.03 bits per heavy atom. The molecule has 2 aromatic carbocycles. The van der Waals surface area contributed by atoms with Crippen LogP contribution in [0.4, 0.5) is 11.4 Å². The zero-order valence-corrected chi connectivity index (χ0v) is 18.5. The predicted molar refractivity (Wildman–Crippen MR) is 120 cm³/mol. The number of amides is 2. The molecule has 30 heavy (non-hydrogen) atoms. The number of hydrogen-bond acceptors (Lipinski definition) is 4. The fourth-order valence-electron chi connectivity index (χ4n) is 2.71. The molecule has 0 aromatic heterocycles. The minimum atomic E-state index is -3.52. The van der Waals surface area contributed by atoms with Crippen LogP contribution in [0.2, 0.25) is 5.02 Å². The molecule has 0 saturated carbocycles. The van der Waals surface area contributed by atoms with Crippen LogP contribution >= 0.6 is 11.6 Å². The molecule has 0 aliphatic heterocycles. The number of anilines is 2. The predicted octanol–water partition coefficient (Wildman–Crippen LogP) is 3.98. The third kappa shape index (κ3) is 6.16. The summed E-state index contributed by atoms with van der Waals surface area (Å²) in [6.07, 6.45) is 2.88. The van der Waals surface area contributed by atoms with E-state index in [1.54, 1.807) is 50.3 Å². The molecule has 0 fully saturated rings. The van der Waals surface area contributed by atoms with Crippen LogP contribution in [0.5, 0.6) is 0 Å². The minimum absolute atomic E-state index is 0.203. The quantitative estimate of drug-likeness (QED) is 0.596. The molecule has 2 aromatic rings. The summed E-state index contributed by atoms with van der Waals surface area (Å²) >= 11 is 6.09. The molecule has 0 radical (unpaired) electrons. The Bertz CT molecular complexity index is 1050. The maximum absolute atomic E-state index is 12.5. The van der Waals surface area contributed by atoms with E-state index in [1.165, 1.54) is 29.4 Å². The highest BCUT2D eigenvalue weighted by Gasteiger charge is 2.20. The van der Waals surface area contributed by atoms with Gasteiger partial charge in [-0.1, -0.05) is 37.6 Å². The molecule has 2 N–H and O–H groups in total. The largest absolute Gasteiger partial charge is 0.326 e. The van der Waals surface area contributed by atoms with Crippen LogP contribution in [-0.4, -0.2) is 37.6 Å². The smallest absolute Gasteiger partial charge is 0.248 e. The van der Waals surface area contributed by atoms with Gasteiger partial charge >= 0.3 is 0 Å². The Labute approximate surface area is 181 Å². The number of benzene rings is 2. The summed E-state index contributed by atoms with van der Waals surface area (Å²) in [5.41, 5.74) is 1.54. The first-order chi connectivity index (χ1) is 14.2. The normalized spacial score (nSPS) is 11.6. The van der Waals surface area contributed by atoms with Crippen molar-refractivity contribution >= 4 is 50.9 Å². The van der Waals surface area contributed by atoms with E-state index in [0.717, 1.165) is 0 Å². The van der Waals surface area contributed by atoms with Crippen molar-refractivity contribution in [3.8, 4) is 0 Å². The SMILES string of the molecule is CCN(CC)S(=O)(=O)c1ccc(C=CC(=O)Nc2cc(NC(C)=O)ccc2Cl)cc1. The van der Waals surface area contributed by atoms with Gasteiger partial charge < -0.3 is 10.6 Å². The van der Waals surface area contributed by atoms with E-state index in [0.29, 0.717) is 35.1 Å². The summed E-state index contributed by atoms with van der Waals surface area (Å²) < 4.78 is 26.4. The maximum Gasteiger partial charge on any atom is 0.248 e. The fraction of sp³-hybridized carbons (Fsp3) is 0.238. The molecule has 9 heteroatoms. The number of sulfonamides is 1. The van der Waals surface area contributed by atoms with Gasteiger partial charge in [-0.25, -0.2) is 8.42 Å². The molecule has 2 rings (SSSR count). The van der Waals surface area contributed by atoms with Crippen LogP contribution < -0.4 is 10.6 Å². The highest BCUT2D eigenvalue weighted by molar-refractivity contribution is 7.89. The summed E-state index contributed by atoms with van der Waals surface area (Å²) in [4.78, 5) is 23.6. The van der Waals surface area contributed by atoms with Gasteiger partial charge in [0.05, 0.1) is 15.6 Å². The summed E-state index contributed by atoms with van der Waals surface area (Å²) in [6, 6.07) is 11.0. The molecule has 0 bridgehead atoms. The summed E-state index contributed by atoms with van der Waals surface area (Å²) in [6.45, 7) is 5.75. The van der Waals surface area contributed by atoms with Crippen molar-refractivity contribution in [3.63, 3.8) is 0 Å². The standard InChI is InChI=1S/C21H24ClN3O4S/c1-4-25(5-2)30(28,29)18-10-6-16(7-11-18)8-13-21(27)24-20-14-17(23-15(3)26)9-12-19(20)22/h6-14H,4-5H2,1-3H3,(H,23,26)(H,24,27). The van der Waals surface area contributed by atoms with Gasteiger partial charge in [-0.15, -0.1) is 0 Å². The molecule has 7 nitrogen and oxygen atoms in total. The lowest BCUT2D eigenvalue weighted by Gasteiger charge is -2.18. The van der Waals surface area contributed by atoms with E-state index in [9.17, 15) is 18.0 Å². The lowest BCUT2D eigenvalue weighted by molar-refractivity contribution is -0.114. The summed E-state index contributed by atoms with van der Waals surface area (Å²) in [5, 5.41) is 5.60. The lowest BCUT2D eigenvalue weighted by Crippen LogP contribution is -2.30. The molecule has 0 atom stereocenters. The van der Waals surface area contributed by atoms with Crippen LogP contribution in [0.1, 0.15) is 26.3 Å². The van der Waals surface area contributed by atoms with E-state index in [2.05, 4.69) is 10.6 Å². The Hall–Kier alpha value is -2.68. The van der Waals surface area contributed by atoms with E-state index in [4.69, 9.17) is 11.6 Å². The monoisotopic (exact) mass is 449 g/mol. The third-order valence-corrected chi connectivity index (χ3v) is 6.59. The number of carbonyl (C=O) groups is 2. The van der Waals surface area contributed by atoms with Crippen LogP contribution in [0.25, 0.3) is 6.08 Å². The average molecular weight is 450 g/mol. The van der Waals surface area contributed by atoms with Crippen LogP contribution in [0.15, 0.2) is 53.4 Å². The van der Waals surface area contributed by atoms with Crippen molar-refractivity contribution < 1.29 is 18.0 Å². The van der Waals surface area contributed by atoms with Gasteiger partial charge in [0.2, 0.25) is 21.8 Å². The number of halogens is 1. The number of carbonyl (C=O) groups excluding carboxylic acids is 2. The number of nitrogens with one attached hydrogen (secondary N) is 2. The molecule has 0 aliphatic carbocycles. The fourth-order valence-corrected chi connectivity index (χ4v) is 4.33. The second-order valence-electron chi connectivity index (χ2n) is 6.36. The molecule has 0 unspecified atom stereocenters. The molecule has 0 spiro atoms. The second kappa shape index (κ2) is 10.4. The van der Waals surface area contributed by atoms with Gasteiger partial charge in [0.25, 0.3) is 0 Å². The Morgan fingerprint density at radius 3 is 2.23 bits per heavy atom. The third-order valence-electron chi connectivity index (χ3n) is 4.20. The molecular formula is C21H24ClN3O4S. The second-order valence-corrected chi connectivity index (χ2v) is 8.70. The van der Waals surface area contributed by atoms with Gasteiger partial charge in [0.1, 0.15) is 0 Å². The Morgan fingerprint density at radius 2 is 1.67 bits per heavy atom. The van der Waals surface area contributed by atoms with Crippen molar-refractivity contribution in [2.24, 2.45) is 0 Å². The van der Waals surface area contributed by atoms with Gasteiger partial charge in [-0.2, -0.15) is 4.31 Å². The van der Waals surface area contributed by atoms with Crippen molar-refractivity contribution in [3.05, 3.63) is 59.1 Å². The zero-order chi connectivity index (χ0) is 22.3. The average Bonchev–Trinajstić information content (AvgIpc) is 2.69. The van der Waals surface area contributed by atoms with Crippen molar-refractivity contribution in [1.29, 1.82) is 0 Å². The van der Waals surface area contributed by atoms with Crippen LogP contribution in [0.3, 0.4) is 0 Å². The summed E-state index contributed by atoms with van der Waals surface area (Å²) in [5.74, 6) is -0.655. The van der Waals surface area contributed by atoms with E-state index in [-0.39, 0.29) is 10.8 Å². The van der Waals surface area contributed by atoms with Crippen molar-refractivity contribution in [2.75, 3.05) is 23.7 Å². The molecule has 0 saturated heterocycles. The molecule has 0 heterocycles. The van der Waals surface area contributed by atoms with Crippen LogP contribution in [0, 0.1) is 0 Å². The molecular weight excluding hydrogens is 426 g/mol. The highest BCUT2D eigenvalue weighted by atomic mass is 35.5. The van der Waals surface area contributed by atoms with Crippen LogP contribution in [-0.2, 0) is 19.6 Å². The van der Waals surface area contributed by atoms with E-state index < -0.39 is 15.9 Å². The van der Waals surface area contributed by atoms with E-state index >= 15 is 0 Å². The topological polar surface area (TPSA) is 95.6 Å². The van der Waals surface area contributed by atoms with Gasteiger partial charge in [-0.05, 0) is 42.0 Å². The first kappa shape index (κ1) is 23.6. The van der Waals surface area contributed by atoms with E-state index in [1.807, 2.05) is 0 Å². The minimum Gasteiger partial charge on any atom is -0.326 e. The number of nitrogens with zero attached hydrogens (tertiary/aromatic N) is 1. The van der Waals surface area contributed by atoms with Gasteiger partial charge in [-0.3, -0.25) is 9.59 Å². The zero-order valence-electron chi connectivity index (χ0n) is 17.0. The highest BCUT2D eigenvalue weighted by Crippen LogP contribution is 2.25. The number of rotatable bonds is 8.